The number of benzene rings is 1. The van der Waals surface area contributed by atoms with Crippen molar-refractivity contribution < 1.29 is 9.90 Å². The summed E-state index contributed by atoms with van der Waals surface area (Å²) >= 11 is 0. The van der Waals surface area contributed by atoms with E-state index >= 15 is 0 Å². The number of rotatable bonds is 3. The molecule has 1 fully saturated rings. The minimum atomic E-state index is -1.17. The van der Waals surface area contributed by atoms with Gasteiger partial charge in [0.2, 0.25) is 0 Å². The Balaban J connectivity index is 1.89. The van der Waals surface area contributed by atoms with E-state index in [1.165, 1.54) is 0 Å². The smallest absolute Gasteiger partial charge is 0.273 e. The second-order valence-electron chi connectivity index (χ2n) is 4.77. The Morgan fingerprint density at radius 2 is 1.95 bits per heavy atom. The highest BCUT2D eigenvalue weighted by Crippen LogP contribution is 2.12. The zero-order valence-electron chi connectivity index (χ0n) is 11.0. The van der Waals surface area contributed by atoms with Crippen molar-refractivity contribution in [2.75, 3.05) is 20.1 Å². The molecule has 1 saturated heterocycles. The van der Waals surface area contributed by atoms with Gasteiger partial charge in [-0.15, -0.1) is 0 Å². The number of hydrogen-bond acceptors (Lipinski definition) is 4. The lowest BCUT2D eigenvalue weighted by atomic mass is 10.1. The maximum atomic E-state index is 11.8. The molecule has 1 aromatic carbocycles. The number of aliphatic hydroxyl groups is 1. The van der Waals surface area contributed by atoms with Gasteiger partial charge in [-0.05, 0) is 12.6 Å². The predicted octanol–water partition coefficient (Wildman–Crippen LogP) is 0.918. The second-order valence-corrected chi connectivity index (χ2v) is 4.77. The molecule has 5 nitrogen and oxygen atoms in total. The van der Waals surface area contributed by atoms with Crippen LogP contribution in [0, 0.1) is 0 Å². The summed E-state index contributed by atoms with van der Waals surface area (Å²) in [4.78, 5) is 14.0. The minimum Gasteiger partial charge on any atom is -0.378 e. The molecule has 1 amide bonds. The van der Waals surface area contributed by atoms with Gasteiger partial charge < -0.3 is 10.0 Å². The number of aliphatic hydroxyl groups excluding tert-OH is 1. The number of nitrogens with one attached hydrogen (secondary N) is 1. The molecule has 2 rings (SSSR count). The lowest BCUT2D eigenvalue weighted by Crippen LogP contribution is -2.32. The predicted molar refractivity (Wildman–Crippen MR) is 73.7 cm³/mol. The molecule has 5 heteroatoms. The Bertz CT molecular complexity index is 449. The topological polar surface area (TPSA) is 64.9 Å². The van der Waals surface area contributed by atoms with Crippen LogP contribution in [-0.2, 0) is 4.79 Å². The van der Waals surface area contributed by atoms with E-state index in [0.29, 0.717) is 5.56 Å². The first-order chi connectivity index (χ1) is 9.16. The van der Waals surface area contributed by atoms with Crippen LogP contribution >= 0.6 is 0 Å². The number of likely N-dealkylation sites (tertiary alicyclic amines) is 1. The number of hydrogen-bond donors (Lipinski definition) is 2. The van der Waals surface area contributed by atoms with E-state index in [-0.39, 0.29) is 0 Å². The number of nitrogens with zero attached hydrogens (tertiary/aromatic N) is 2. The fourth-order valence-electron chi connectivity index (χ4n) is 1.97. The monoisotopic (exact) mass is 261 g/mol. The quantitative estimate of drug-likeness (QED) is 0.795. The number of carbonyl (C=O) groups is 1. The van der Waals surface area contributed by atoms with E-state index < -0.39 is 12.0 Å². The van der Waals surface area contributed by atoms with Crippen molar-refractivity contribution in [2.45, 2.75) is 18.9 Å². The Hall–Kier alpha value is -1.72. The minimum absolute atomic E-state index is 0.488. The molecular formula is C14H19N3O2. The van der Waals surface area contributed by atoms with Crippen molar-refractivity contribution in [2.24, 2.45) is 5.10 Å². The summed E-state index contributed by atoms with van der Waals surface area (Å²) in [7, 11) is 2.06. The highest BCUT2D eigenvalue weighted by atomic mass is 16.3. The van der Waals surface area contributed by atoms with Crippen LogP contribution in [0.4, 0.5) is 0 Å². The van der Waals surface area contributed by atoms with Crippen LogP contribution in [0.3, 0.4) is 0 Å². The molecule has 0 aliphatic carbocycles. The molecule has 2 N–H and O–H groups in total. The van der Waals surface area contributed by atoms with Gasteiger partial charge >= 0.3 is 0 Å². The second kappa shape index (κ2) is 6.45. The largest absolute Gasteiger partial charge is 0.378 e. The summed E-state index contributed by atoms with van der Waals surface area (Å²) in [6.07, 6.45) is 0.549. The van der Waals surface area contributed by atoms with Crippen molar-refractivity contribution in [3.8, 4) is 0 Å². The van der Waals surface area contributed by atoms with Gasteiger partial charge in [0.1, 0.15) is 0 Å². The molecule has 1 atom stereocenters. The van der Waals surface area contributed by atoms with Gasteiger partial charge in [0.05, 0.1) is 0 Å². The van der Waals surface area contributed by atoms with Crippen LogP contribution in [0.25, 0.3) is 0 Å². The molecule has 1 aliphatic heterocycles. The zero-order valence-corrected chi connectivity index (χ0v) is 11.0. The fraction of sp³-hybridized carbons (Fsp3) is 0.429. The van der Waals surface area contributed by atoms with Crippen molar-refractivity contribution in [3.05, 3.63) is 35.9 Å². The van der Waals surface area contributed by atoms with E-state index in [4.69, 9.17) is 0 Å². The van der Waals surface area contributed by atoms with E-state index in [0.717, 1.165) is 31.6 Å². The Morgan fingerprint density at radius 1 is 1.32 bits per heavy atom. The van der Waals surface area contributed by atoms with Crippen molar-refractivity contribution >= 4 is 11.6 Å². The SMILES string of the molecule is CN1CCC(=NNC(=O)C(O)c2ccccc2)CC1. The van der Waals surface area contributed by atoms with Crippen molar-refractivity contribution in [3.63, 3.8) is 0 Å². The van der Waals surface area contributed by atoms with Crippen LogP contribution in [0.1, 0.15) is 24.5 Å². The maximum absolute atomic E-state index is 11.8. The number of hydrazone groups is 1. The molecule has 102 valence electrons. The third kappa shape index (κ3) is 3.87. The molecule has 1 unspecified atom stereocenters. The summed E-state index contributed by atoms with van der Waals surface area (Å²) in [5.41, 5.74) is 4.00. The summed E-state index contributed by atoms with van der Waals surface area (Å²) in [5, 5.41) is 14.0. The third-order valence-corrected chi connectivity index (χ3v) is 3.25. The third-order valence-electron chi connectivity index (χ3n) is 3.25. The molecule has 0 radical (unpaired) electrons. The molecule has 1 heterocycles. The first kappa shape index (κ1) is 13.7. The van der Waals surface area contributed by atoms with Crippen LogP contribution in [-0.4, -0.2) is 41.8 Å². The molecular weight excluding hydrogens is 242 g/mol. The van der Waals surface area contributed by atoms with Gasteiger partial charge in [-0.1, -0.05) is 30.3 Å². The van der Waals surface area contributed by atoms with Crippen LogP contribution in [0.2, 0.25) is 0 Å². The average molecular weight is 261 g/mol. The summed E-state index contributed by atoms with van der Waals surface area (Å²) < 4.78 is 0. The first-order valence-electron chi connectivity index (χ1n) is 6.43. The highest BCUT2D eigenvalue weighted by molar-refractivity contribution is 5.88. The van der Waals surface area contributed by atoms with Gasteiger partial charge in [0, 0.05) is 31.6 Å². The van der Waals surface area contributed by atoms with E-state index in [1.54, 1.807) is 24.3 Å². The Kier molecular flexibility index (Phi) is 4.65. The normalized spacial score (nSPS) is 17.9. The summed E-state index contributed by atoms with van der Waals surface area (Å²) in [6, 6.07) is 8.84. The summed E-state index contributed by atoms with van der Waals surface area (Å²) in [6.45, 7) is 1.91. The standard InChI is InChI=1S/C14H19N3O2/c1-17-9-7-12(8-10-17)15-16-14(19)13(18)11-5-3-2-4-6-11/h2-6,13,18H,7-10H2,1H3,(H,16,19). The first-order valence-corrected chi connectivity index (χ1v) is 6.43. The number of amides is 1. The number of piperidine rings is 1. The van der Waals surface area contributed by atoms with Gasteiger partial charge in [-0.25, -0.2) is 5.43 Å². The van der Waals surface area contributed by atoms with Crippen molar-refractivity contribution in [1.29, 1.82) is 0 Å². The van der Waals surface area contributed by atoms with Crippen LogP contribution in [0.5, 0.6) is 0 Å². The van der Waals surface area contributed by atoms with E-state index in [2.05, 4.69) is 22.5 Å². The van der Waals surface area contributed by atoms with Gasteiger partial charge in [0.25, 0.3) is 5.91 Å². The van der Waals surface area contributed by atoms with Crippen LogP contribution in [0.15, 0.2) is 35.4 Å². The molecule has 0 saturated carbocycles. The molecule has 1 aliphatic rings. The fourth-order valence-corrected chi connectivity index (χ4v) is 1.97. The lowest BCUT2D eigenvalue weighted by molar-refractivity contribution is -0.129. The van der Waals surface area contributed by atoms with E-state index in [1.807, 2.05) is 6.07 Å². The van der Waals surface area contributed by atoms with Crippen molar-refractivity contribution in [1.82, 2.24) is 10.3 Å². The van der Waals surface area contributed by atoms with E-state index in [9.17, 15) is 9.90 Å². The molecule has 0 spiro atoms. The Morgan fingerprint density at radius 3 is 2.58 bits per heavy atom. The molecule has 1 aromatic rings. The number of carbonyl (C=O) groups excluding carboxylic acids is 1. The lowest BCUT2D eigenvalue weighted by Gasteiger charge is -2.22. The molecule has 19 heavy (non-hydrogen) atoms. The van der Waals surface area contributed by atoms with Gasteiger partial charge in [-0.3, -0.25) is 4.79 Å². The highest BCUT2D eigenvalue weighted by Gasteiger charge is 2.17. The summed E-state index contributed by atoms with van der Waals surface area (Å²) in [5.74, 6) is -0.488. The Labute approximate surface area is 112 Å². The molecule has 0 bridgehead atoms. The maximum Gasteiger partial charge on any atom is 0.273 e. The van der Waals surface area contributed by atoms with Crippen LogP contribution < -0.4 is 5.43 Å². The molecule has 0 aromatic heterocycles. The average Bonchev–Trinajstić information content (AvgIpc) is 2.46. The van der Waals surface area contributed by atoms with Gasteiger partial charge in [-0.2, -0.15) is 5.10 Å². The van der Waals surface area contributed by atoms with Gasteiger partial charge in [0.15, 0.2) is 6.10 Å². The zero-order chi connectivity index (χ0) is 13.7.